The maximum Gasteiger partial charge on any atom is -0.000927 e. The van der Waals surface area contributed by atoms with E-state index in [0.29, 0.717) is 0 Å². The van der Waals surface area contributed by atoms with Crippen molar-refractivity contribution in [3.05, 3.63) is 78.4 Å². The standard InChI is InChI=1S/C26H36/c1-4-6-7-8-9-16-21-26(5-2,25-19-14-11-15-20-25)22-23(3)24-17-12-10-13-18-24/h10-15,17-20H,3-9,16,21-22H2,1-2H3. The Morgan fingerprint density at radius 1 is 0.769 bits per heavy atom. The highest BCUT2D eigenvalue weighted by atomic mass is 14.3. The second-order valence-electron chi connectivity index (χ2n) is 7.66. The number of hydrogen-bond donors (Lipinski definition) is 0. The van der Waals surface area contributed by atoms with E-state index in [1.165, 1.54) is 61.6 Å². The SMILES string of the molecule is C=C(CC(CC)(CCCCCCCC)c1ccccc1)c1ccccc1. The van der Waals surface area contributed by atoms with Crippen LogP contribution in [0.4, 0.5) is 0 Å². The molecular formula is C26H36. The lowest BCUT2D eigenvalue weighted by Crippen LogP contribution is -2.26. The van der Waals surface area contributed by atoms with Crippen LogP contribution in [0, 0.1) is 0 Å². The van der Waals surface area contributed by atoms with Crippen molar-refractivity contribution in [2.45, 2.75) is 77.0 Å². The molecule has 0 radical (unpaired) electrons. The maximum atomic E-state index is 4.45. The van der Waals surface area contributed by atoms with E-state index in [1.54, 1.807) is 0 Å². The Morgan fingerprint density at radius 2 is 1.35 bits per heavy atom. The van der Waals surface area contributed by atoms with Gasteiger partial charge in [-0.2, -0.15) is 0 Å². The van der Waals surface area contributed by atoms with Gasteiger partial charge in [0.1, 0.15) is 0 Å². The summed E-state index contributed by atoms with van der Waals surface area (Å²) in [5.41, 5.74) is 4.23. The first-order valence-corrected chi connectivity index (χ1v) is 10.5. The van der Waals surface area contributed by atoms with Gasteiger partial charge in [-0.15, -0.1) is 0 Å². The molecule has 0 heterocycles. The highest BCUT2D eigenvalue weighted by molar-refractivity contribution is 5.64. The van der Waals surface area contributed by atoms with E-state index in [-0.39, 0.29) is 5.41 Å². The number of allylic oxidation sites excluding steroid dienone is 1. The Balaban J connectivity index is 2.11. The molecule has 0 saturated carbocycles. The number of rotatable bonds is 12. The smallest absolute Gasteiger partial charge is 0.000927 e. The summed E-state index contributed by atoms with van der Waals surface area (Å²) in [6.45, 7) is 9.09. The summed E-state index contributed by atoms with van der Waals surface area (Å²) in [7, 11) is 0. The monoisotopic (exact) mass is 348 g/mol. The van der Waals surface area contributed by atoms with Crippen LogP contribution in [0.2, 0.25) is 0 Å². The molecule has 2 rings (SSSR count). The van der Waals surface area contributed by atoms with E-state index >= 15 is 0 Å². The van der Waals surface area contributed by atoms with E-state index in [0.717, 1.165) is 12.8 Å². The second kappa shape index (κ2) is 11.0. The first-order chi connectivity index (χ1) is 12.7. The predicted molar refractivity (Wildman–Crippen MR) is 116 cm³/mol. The van der Waals surface area contributed by atoms with Gasteiger partial charge in [0.05, 0.1) is 0 Å². The molecule has 0 saturated heterocycles. The van der Waals surface area contributed by atoms with Crippen molar-refractivity contribution in [2.75, 3.05) is 0 Å². The average Bonchev–Trinajstić information content (AvgIpc) is 2.71. The molecule has 0 aliphatic rings. The minimum absolute atomic E-state index is 0.207. The van der Waals surface area contributed by atoms with Gasteiger partial charge in [-0.25, -0.2) is 0 Å². The van der Waals surface area contributed by atoms with Crippen molar-refractivity contribution < 1.29 is 0 Å². The van der Waals surface area contributed by atoms with E-state index in [2.05, 4.69) is 81.1 Å². The van der Waals surface area contributed by atoms with Crippen LogP contribution in [0.3, 0.4) is 0 Å². The minimum atomic E-state index is 0.207. The Hall–Kier alpha value is -1.82. The van der Waals surface area contributed by atoms with E-state index < -0.39 is 0 Å². The first-order valence-electron chi connectivity index (χ1n) is 10.5. The molecule has 0 aromatic heterocycles. The molecule has 0 bridgehead atoms. The molecule has 140 valence electrons. The average molecular weight is 349 g/mol. The minimum Gasteiger partial charge on any atom is -0.0952 e. The van der Waals surface area contributed by atoms with Crippen LogP contribution in [0.25, 0.3) is 5.57 Å². The van der Waals surface area contributed by atoms with Gasteiger partial charge in [-0.1, -0.05) is 120 Å². The van der Waals surface area contributed by atoms with Crippen molar-refractivity contribution in [3.63, 3.8) is 0 Å². The summed E-state index contributed by atoms with van der Waals surface area (Å²) in [4.78, 5) is 0. The zero-order chi connectivity index (χ0) is 18.7. The van der Waals surface area contributed by atoms with E-state index in [4.69, 9.17) is 0 Å². The molecule has 0 nitrogen and oxygen atoms in total. The van der Waals surface area contributed by atoms with Crippen LogP contribution < -0.4 is 0 Å². The zero-order valence-corrected chi connectivity index (χ0v) is 16.8. The van der Waals surface area contributed by atoms with Gasteiger partial charge in [0, 0.05) is 0 Å². The van der Waals surface area contributed by atoms with Gasteiger partial charge in [-0.3, -0.25) is 0 Å². The fourth-order valence-electron chi connectivity index (χ4n) is 4.06. The normalized spacial score (nSPS) is 13.3. The summed E-state index contributed by atoms with van der Waals surface area (Å²) in [6, 6.07) is 21.8. The largest absolute Gasteiger partial charge is 0.0952 e. The van der Waals surface area contributed by atoms with Gasteiger partial charge >= 0.3 is 0 Å². The van der Waals surface area contributed by atoms with Crippen LogP contribution >= 0.6 is 0 Å². The molecule has 0 aliphatic carbocycles. The molecule has 0 spiro atoms. The van der Waals surface area contributed by atoms with Crippen LogP contribution in [-0.4, -0.2) is 0 Å². The van der Waals surface area contributed by atoms with E-state index in [9.17, 15) is 0 Å². The zero-order valence-electron chi connectivity index (χ0n) is 16.8. The third-order valence-corrected chi connectivity index (χ3v) is 5.81. The Kier molecular flexibility index (Phi) is 8.68. The third kappa shape index (κ3) is 5.87. The number of hydrogen-bond acceptors (Lipinski definition) is 0. The number of benzene rings is 2. The fourth-order valence-corrected chi connectivity index (χ4v) is 4.06. The van der Waals surface area contributed by atoms with Gasteiger partial charge in [0.2, 0.25) is 0 Å². The Labute approximate surface area is 161 Å². The molecule has 26 heavy (non-hydrogen) atoms. The van der Waals surface area contributed by atoms with Crippen molar-refractivity contribution in [1.29, 1.82) is 0 Å². The third-order valence-electron chi connectivity index (χ3n) is 5.81. The van der Waals surface area contributed by atoms with Gasteiger partial charge in [0.15, 0.2) is 0 Å². The van der Waals surface area contributed by atoms with Crippen LogP contribution in [0.1, 0.15) is 82.8 Å². The summed E-state index contributed by atoms with van der Waals surface area (Å²) in [5.74, 6) is 0. The Bertz CT molecular complexity index is 626. The summed E-state index contributed by atoms with van der Waals surface area (Å²) in [6.07, 6.45) is 11.6. The fraction of sp³-hybridized carbons (Fsp3) is 0.462. The van der Waals surface area contributed by atoms with Gasteiger partial charge < -0.3 is 0 Å². The predicted octanol–water partition coefficient (Wildman–Crippen LogP) is 8.19. The second-order valence-corrected chi connectivity index (χ2v) is 7.66. The summed E-state index contributed by atoms with van der Waals surface area (Å²) < 4.78 is 0. The number of unbranched alkanes of at least 4 members (excludes halogenated alkanes) is 5. The van der Waals surface area contributed by atoms with Crippen LogP contribution in [0.5, 0.6) is 0 Å². The van der Waals surface area contributed by atoms with Gasteiger partial charge in [-0.05, 0) is 41.4 Å². The summed E-state index contributed by atoms with van der Waals surface area (Å²) in [5, 5.41) is 0. The quantitative estimate of drug-likeness (QED) is 0.339. The molecule has 0 fully saturated rings. The van der Waals surface area contributed by atoms with E-state index in [1.807, 2.05) is 0 Å². The first kappa shape index (κ1) is 20.5. The lowest BCUT2D eigenvalue weighted by atomic mass is 9.69. The molecular weight excluding hydrogens is 312 g/mol. The van der Waals surface area contributed by atoms with Crippen LogP contribution in [-0.2, 0) is 5.41 Å². The highest BCUT2D eigenvalue weighted by Crippen LogP contribution is 2.41. The van der Waals surface area contributed by atoms with Crippen molar-refractivity contribution in [3.8, 4) is 0 Å². The van der Waals surface area contributed by atoms with Crippen LogP contribution in [0.15, 0.2) is 67.2 Å². The van der Waals surface area contributed by atoms with Crippen molar-refractivity contribution >= 4 is 5.57 Å². The maximum absolute atomic E-state index is 4.45. The molecule has 1 unspecified atom stereocenters. The molecule has 2 aromatic carbocycles. The summed E-state index contributed by atoms with van der Waals surface area (Å²) >= 11 is 0. The topological polar surface area (TPSA) is 0 Å². The highest BCUT2D eigenvalue weighted by Gasteiger charge is 2.30. The molecule has 0 amide bonds. The molecule has 0 heteroatoms. The van der Waals surface area contributed by atoms with Crippen molar-refractivity contribution in [2.24, 2.45) is 0 Å². The lowest BCUT2D eigenvalue weighted by molar-refractivity contribution is 0.367. The Morgan fingerprint density at radius 3 is 1.96 bits per heavy atom. The van der Waals surface area contributed by atoms with Gasteiger partial charge in [0.25, 0.3) is 0 Å². The molecule has 2 aromatic rings. The van der Waals surface area contributed by atoms with Crippen molar-refractivity contribution in [1.82, 2.24) is 0 Å². The molecule has 0 N–H and O–H groups in total. The molecule has 1 atom stereocenters. The molecule has 0 aliphatic heterocycles. The lowest BCUT2D eigenvalue weighted by Gasteiger charge is -2.35.